The van der Waals surface area contributed by atoms with E-state index < -0.39 is 23.5 Å². The highest BCUT2D eigenvalue weighted by Gasteiger charge is 2.49. The van der Waals surface area contributed by atoms with E-state index in [1.165, 1.54) is 24.1 Å². The minimum absolute atomic E-state index is 0.0679. The van der Waals surface area contributed by atoms with Crippen molar-refractivity contribution in [1.82, 2.24) is 20.2 Å². The zero-order chi connectivity index (χ0) is 18.3. The molecule has 0 aliphatic carbocycles. The van der Waals surface area contributed by atoms with Crippen LogP contribution < -0.4 is 4.90 Å². The molecular weight excluding hydrogens is 426 g/mol. The second-order valence-electron chi connectivity index (χ2n) is 5.12. The summed E-state index contributed by atoms with van der Waals surface area (Å²) < 4.78 is 5.97. The van der Waals surface area contributed by atoms with Crippen LogP contribution in [0.2, 0.25) is 0 Å². The molecule has 1 aliphatic rings. The van der Waals surface area contributed by atoms with Crippen molar-refractivity contribution in [3.8, 4) is 0 Å². The van der Waals surface area contributed by atoms with Crippen LogP contribution in [0, 0.1) is 0 Å². The summed E-state index contributed by atoms with van der Waals surface area (Å²) in [5.74, 6) is -1.89. The van der Waals surface area contributed by atoms with E-state index in [-0.39, 0.29) is 22.2 Å². The number of Topliss-reactive ketones (excluding diaryl/α,β-unsaturated/α-hetero) is 1. The van der Waals surface area contributed by atoms with Gasteiger partial charge in [0.15, 0.2) is 10.4 Å². The number of carbonyl (C=O) groups excluding carboxylic acids is 2. The van der Waals surface area contributed by atoms with Gasteiger partial charge in [0, 0.05) is 12.4 Å². The normalized spacial score (nSPS) is 19.3. The summed E-state index contributed by atoms with van der Waals surface area (Å²) >= 11 is 4.28. The van der Waals surface area contributed by atoms with Gasteiger partial charge < -0.3 is 9.52 Å². The Morgan fingerprint density at radius 3 is 2.77 bits per heavy atom. The largest absolute Gasteiger partial charge is 0.505 e. The molecule has 1 atom stereocenters. The topological polar surface area (TPSA) is 122 Å². The van der Waals surface area contributed by atoms with Gasteiger partial charge in [0.1, 0.15) is 23.0 Å². The molecule has 0 aromatic carbocycles. The van der Waals surface area contributed by atoms with Crippen molar-refractivity contribution in [1.29, 1.82) is 0 Å². The van der Waals surface area contributed by atoms with Crippen LogP contribution in [0.3, 0.4) is 0 Å². The first-order valence-electron chi connectivity index (χ1n) is 7.16. The third-order valence-electron chi connectivity index (χ3n) is 3.67. The number of halogens is 1. The molecule has 0 radical (unpaired) electrons. The first kappa shape index (κ1) is 16.5. The van der Waals surface area contributed by atoms with Crippen molar-refractivity contribution in [3.05, 3.63) is 57.9 Å². The number of aromatic nitrogens is 4. The standard InChI is InChI=1S/C15H8BrN5O4S/c16-9-2-1-8(25-9)11-10(12(22)7-5-17-3-4-18-7)13(23)14(24)21(11)15-20-19-6-26-15/h1-6,11,22H/b12-10+. The number of hydrogen-bond donors (Lipinski definition) is 1. The summed E-state index contributed by atoms with van der Waals surface area (Å²) in [6.45, 7) is 0. The molecule has 1 aliphatic heterocycles. The van der Waals surface area contributed by atoms with Crippen molar-refractivity contribution in [2.45, 2.75) is 6.04 Å². The summed E-state index contributed by atoms with van der Waals surface area (Å²) in [6, 6.07) is 2.22. The maximum Gasteiger partial charge on any atom is 0.302 e. The average Bonchev–Trinajstić information content (AvgIpc) is 3.37. The van der Waals surface area contributed by atoms with E-state index in [2.05, 4.69) is 36.1 Å². The fraction of sp³-hybridized carbons (Fsp3) is 0.0667. The van der Waals surface area contributed by atoms with E-state index in [0.29, 0.717) is 4.67 Å². The van der Waals surface area contributed by atoms with E-state index in [4.69, 9.17) is 4.42 Å². The minimum atomic E-state index is -1.00. The molecule has 1 saturated heterocycles. The minimum Gasteiger partial charge on any atom is -0.505 e. The van der Waals surface area contributed by atoms with Gasteiger partial charge in [-0.2, -0.15) is 0 Å². The number of rotatable bonds is 3. The lowest BCUT2D eigenvalue weighted by Crippen LogP contribution is -2.29. The summed E-state index contributed by atoms with van der Waals surface area (Å²) in [6.07, 6.45) is 4.09. The van der Waals surface area contributed by atoms with Crippen molar-refractivity contribution in [2.75, 3.05) is 4.90 Å². The van der Waals surface area contributed by atoms with Gasteiger partial charge in [-0.3, -0.25) is 19.5 Å². The number of ketones is 1. The van der Waals surface area contributed by atoms with E-state index in [1.807, 2.05) is 0 Å². The number of carbonyl (C=O) groups is 2. The van der Waals surface area contributed by atoms with Crippen LogP contribution in [-0.4, -0.2) is 37.0 Å². The van der Waals surface area contributed by atoms with Gasteiger partial charge in [0.2, 0.25) is 5.13 Å². The van der Waals surface area contributed by atoms with Crippen LogP contribution in [0.1, 0.15) is 17.5 Å². The molecule has 4 heterocycles. The van der Waals surface area contributed by atoms with Gasteiger partial charge in [-0.25, -0.2) is 4.98 Å². The number of hydrogen-bond acceptors (Lipinski definition) is 9. The summed E-state index contributed by atoms with van der Waals surface area (Å²) in [5, 5.41) is 18.4. The first-order chi connectivity index (χ1) is 12.6. The molecule has 1 amide bonds. The monoisotopic (exact) mass is 433 g/mol. The van der Waals surface area contributed by atoms with Gasteiger partial charge in [-0.1, -0.05) is 11.3 Å². The van der Waals surface area contributed by atoms with Crippen LogP contribution in [0.5, 0.6) is 0 Å². The molecule has 1 N–H and O–H groups in total. The predicted molar refractivity (Wildman–Crippen MR) is 93.1 cm³/mol. The number of nitrogens with zero attached hydrogens (tertiary/aromatic N) is 5. The number of amides is 1. The Labute approximate surface area is 158 Å². The fourth-order valence-corrected chi connectivity index (χ4v) is 3.51. The number of furan rings is 1. The van der Waals surface area contributed by atoms with Crippen molar-refractivity contribution < 1.29 is 19.1 Å². The number of aliphatic hydroxyl groups excluding tert-OH is 1. The van der Waals surface area contributed by atoms with Crippen LogP contribution in [-0.2, 0) is 9.59 Å². The molecular formula is C15H8BrN5O4S. The van der Waals surface area contributed by atoms with Crippen LogP contribution >= 0.6 is 27.3 Å². The van der Waals surface area contributed by atoms with Crippen molar-refractivity contribution in [3.63, 3.8) is 0 Å². The lowest BCUT2D eigenvalue weighted by Gasteiger charge is -2.19. The van der Waals surface area contributed by atoms with Crippen molar-refractivity contribution in [2.24, 2.45) is 0 Å². The maximum atomic E-state index is 12.7. The van der Waals surface area contributed by atoms with Crippen LogP contribution in [0.15, 0.2) is 50.9 Å². The van der Waals surface area contributed by atoms with E-state index >= 15 is 0 Å². The summed E-state index contributed by atoms with van der Waals surface area (Å²) in [4.78, 5) is 34.3. The Bertz CT molecular complexity index is 1020. The third kappa shape index (κ3) is 2.61. The first-order valence-corrected chi connectivity index (χ1v) is 8.84. The van der Waals surface area contributed by atoms with Crippen LogP contribution in [0.25, 0.3) is 5.76 Å². The molecule has 0 spiro atoms. The molecule has 9 nitrogen and oxygen atoms in total. The molecule has 0 bridgehead atoms. The highest BCUT2D eigenvalue weighted by atomic mass is 79.9. The quantitative estimate of drug-likeness (QED) is 0.379. The van der Waals surface area contributed by atoms with E-state index in [0.717, 1.165) is 16.2 Å². The number of anilines is 1. The Morgan fingerprint density at radius 2 is 2.15 bits per heavy atom. The molecule has 1 fully saturated rings. The molecule has 4 rings (SSSR count). The predicted octanol–water partition coefficient (Wildman–Crippen LogP) is 2.31. The zero-order valence-electron chi connectivity index (χ0n) is 12.7. The van der Waals surface area contributed by atoms with Gasteiger partial charge in [-0.15, -0.1) is 10.2 Å². The molecule has 3 aromatic rings. The smallest absolute Gasteiger partial charge is 0.302 e. The Balaban J connectivity index is 1.94. The van der Waals surface area contributed by atoms with Gasteiger partial charge in [0.05, 0.1) is 11.8 Å². The van der Waals surface area contributed by atoms with E-state index in [1.54, 1.807) is 12.1 Å². The maximum absolute atomic E-state index is 12.7. The lowest BCUT2D eigenvalue weighted by atomic mass is 10.0. The summed E-state index contributed by atoms with van der Waals surface area (Å²) in [5.41, 5.74) is 1.35. The highest BCUT2D eigenvalue weighted by molar-refractivity contribution is 9.10. The fourth-order valence-electron chi connectivity index (χ4n) is 2.61. The summed E-state index contributed by atoms with van der Waals surface area (Å²) in [7, 11) is 0. The Morgan fingerprint density at radius 1 is 1.31 bits per heavy atom. The van der Waals surface area contributed by atoms with Gasteiger partial charge >= 0.3 is 5.91 Å². The number of aliphatic hydroxyl groups is 1. The zero-order valence-corrected chi connectivity index (χ0v) is 15.1. The third-order valence-corrected chi connectivity index (χ3v) is 4.78. The Kier molecular flexibility index (Phi) is 4.09. The second-order valence-corrected chi connectivity index (χ2v) is 6.72. The second kappa shape index (κ2) is 6.42. The molecule has 11 heteroatoms. The van der Waals surface area contributed by atoms with Gasteiger partial charge in [-0.05, 0) is 28.1 Å². The van der Waals surface area contributed by atoms with Crippen LogP contribution in [0.4, 0.5) is 5.13 Å². The van der Waals surface area contributed by atoms with Gasteiger partial charge in [0.25, 0.3) is 5.78 Å². The van der Waals surface area contributed by atoms with E-state index in [9.17, 15) is 14.7 Å². The molecule has 3 aromatic heterocycles. The SMILES string of the molecule is O=C1C(=O)N(c2nncs2)C(c2ccc(Br)o2)/C1=C(\O)c1cnccn1. The lowest BCUT2D eigenvalue weighted by molar-refractivity contribution is -0.132. The molecule has 26 heavy (non-hydrogen) atoms. The molecule has 130 valence electrons. The Hall–Kier alpha value is -2.92. The highest BCUT2D eigenvalue weighted by Crippen LogP contribution is 2.43. The average molecular weight is 434 g/mol. The molecule has 1 unspecified atom stereocenters. The van der Waals surface area contributed by atoms with Crippen molar-refractivity contribution >= 4 is 49.8 Å². The molecule has 0 saturated carbocycles.